The van der Waals surface area contributed by atoms with Crippen LogP contribution in [-0.2, 0) is 6.54 Å². The Morgan fingerprint density at radius 1 is 1.69 bits per heavy atom. The number of terminal acetylenes is 1. The van der Waals surface area contributed by atoms with Gasteiger partial charge in [-0.3, -0.25) is 4.79 Å². The van der Waals surface area contributed by atoms with Crippen LogP contribution >= 0.6 is 0 Å². The molecule has 1 aromatic rings. The van der Waals surface area contributed by atoms with Crippen molar-refractivity contribution in [3.05, 3.63) is 28.7 Å². The Morgan fingerprint density at radius 3 is 3.23 bits per heavy atom. The molecule has 0 radical (unpaired) electrons. The van der Waals surface area contributed by atoms with E-state index in [4.69, 9.17) is 6.42 Å². The second-order valence-electron chi connectivity index (χ2n) is 2.47. The Bertz CT molecular complexity index is 350. The maximum atomic E-state index is 11.1. The summed E-state index contributed by atoms with van der Waals surface area (Å²) in [5, 5.41) is 6.86. The van der Waals surface area contributed by atoms with Crippen molar-refractivity contribution in [1.82, 2.24) is 15.1 Å². The number of hydrogen-bond donors (Lipinski definition) is 1. The van der Waals surface area contributed by atoms with Gasteiger partial charge >= 0.3 is 0 Å². The molecule has 0 saturated carbocycles. The van der Waals surface area contributed by atoms with Crippen LogP contribution in [-0.4, -0.2) is 22.9 Å². The van der Waals surface area contributed by atoms with Gasteiger partial charge in [0.15, 0.2) is 0 Å². The first-order valence-corrected chi connectivity index (χ1v) is 4.01. The van der Waals surface area contributed by atoms with Crippen LogP contribution in [0.2, 0.25) is 0 Å². The molecule has 1 rings (SSSR count). The molecule has 0 amide bonds. The van der Waals surface area contributed by atoms with Crippen molar-refractivity contribution in [2.75, 3.05) is 13.1 Å². The highest BCUT2D eigenvalue weighted by Gasteiger charge is 1.92. The summed E-state index contributed by atoms with van der Waals surface area (Å²) >= 11 is 0. The van der Waals surface area contributed by atoms with E-state index in [2.05, 4.69) is 16.3 Å². The maximum absolute atomic E-state index is 11.1. The highest BCUT2D eigenvalue weighted by Crippen LogP contribution is 1.74. The Morgan fingerprint density at radius 2 is 2.54 bits per heavy atom. The van der Waals surface area contributed by atoms with Gasteiger partial charge in [-0.25, -0.2) is 4.68 Å². The monoisotopic (exact) mass is 177 g/mol. The first-order chi connectivity index (χ1) is 6.34. The summed E-state index contributed by atoms with van der Waals surface area (Å²) in [4.78, 5) is 11.1. The highest BCUT2D eigenvalue weighted by molar-refractivity contribution is 4.87. The normalized spacial score (nSPS) is 9.46. The lowest BCUT2D eigenvalue weighted by molar-refractivity contribution is 0.547. The molecule has 4 heteroatoms. The fraction of sp³-hybridized carbons (Fsp3) is 0.333. The first-order valence-electron chi connectivity index (χ1n) is 4.01. The molecular formula is C9H11N3O. The minimum atomic E-state index is -0.0926. The third kappa shape index (κ3) is 3.09. The summed E-state index contributed by atoms with van der Waals surface area (Å²) in [7, 11) is 0. The molecule has 0 fully saturated rings. The summed E-state index contributed by atoms with van der Waals surface area (Å²) in [6.07, 6.45) is 6.63. The van der Waals surface area contributed by atoms with E-state index in [-0.39, 0.29) is 5.56 Å². The minimum Gasteiger partial charge on any atom is -0.304 e. The summed E-state index contributed by atoms with van der Waals surface area (Å²) in [5.74, 6) is 2.45. The predicted molar refractivity (Wildman–Crippen MR) is 50.2 cm³/mol. The lowest BCUT2D eigenvalue weighted by atomic mass is 10.5. The van der Waals surface area contributed by atoms with Gasteiger partial charge in [-0.2, -0.15) is 5.10 Å². The number of rotatable bonds is 4. The van der Waals surface area contributed by atoms with Crippen LogP contribution in [0.3, 0.4) is 0 Å². The molecule has 0 saturated heterocycles. The largest absolute Gasteiger partial charge is 0.304 e. The van der Waals surface area contributed by atoms with Gasteiger partial charge in [0.1, 0.15) is 0 Å². The summed E-state index contributed by atoms with van der Waals surface area (Å²) in [5.41, 5.74) is -0.0926. The van der Waals surface area contributed by atoms with Gasteiger partial charge in [0.25, 0.3) is 5.56 Å². The average molecular weight is 177 g/mol. The highest BCUT2D eigenvalue weighted by atomic mass is 16.1. The quantitative estimate of drug-likeness (QED) is 0.496. The van der Waals surface area contributed by atoms with Crippen molar-refractivity contribution in [1.29, 1.82) is 0 Å². The van der Waals surface area contributed by atoms with E-state index in [1.54, 1.807) is 12.3 Å². The van der Waals surface area contributed by atoms with Crippen molar-refractivity contribution in [2.24, 2.45) is 0 Å². The Hall–Kier alpha value is -1.60. The zero-order chi connectivity index (χ0) is 9.52. The van der Waals surface area contributed by atoms with Gasteiger partial charge in [0.2, 0.25) is 0 Å². The second kappa shape index (κ2) is 5.12. The van der Waals surface area contributed by atoms with E-state index in [0.717, 1.165) is 0 Å². The van der Waals surface area contributed by atoms with Crippen molar-refractivity contribution < 1.29 is 0 Å². The second-order valence-corrected chi connectivity index (χ2v) is 2.47. The van der Waals surface area contributed by atoms with Gasteiger partial charge in [0, 0.05) is 18.8 Å². The topological polar surface area (TPSA) is 46.9 Å². The van der Waals surface area contributed by atoms with Crippen molar-refractivity contribution in [2.45, 2.75) is 6.54 Å². The zero-order valence-corrected chi connectivity index (χ0v) is 7.23. The number of hydrogen-bond acceptors (Lipinski definition) is 3. The van der Waals surface area contributed by atoms with Crippen molar-refractivity contribution in [3.63, 3.8) is 0 Å². The third-order valence-corrected chi connectivity index (χ3v) is 1.51. The molecule has 1 heterocycles. The molecule has 13 heavy (non-hydrogen) atoms. The van der Waals surface area contributed by atoms with Crippen LogP contribution in [0.5, 0.6) is 0 Å². The molecule has 4 nitrogen and oxygen atoms in total. The van der Waals surface area contributed by atoms with Crippen molar-refractivity contribution in [3.8, 4) is 12.3 Å². The molecule has 0 bridgehead atoms. The van der Waals surface area contributed by atoms with E-state index in [0.29, 0.717) is 19.6 Å². The Labute approximate surface area is 76.6 Å². The van der Waals surface area contributed by atoms with Gasteiger partial charge in [-0.1, -0.05) is 5.92 Å². The molecular weight excluding hydrogens is 166 g/mol. The molecule has 0 unspecified atom stereocenters. The molecule has 0 aliphatic carbocycles. The van der Waals surface area contributed by atoms with Gasteiger partial charge < -0.3 is 5.32 Å². The van der Waals surface area contributed by atoms with Gasteiger partial charge in [-0.05, 0) is 6.07 Å². The smallest absolute Gasteiger partial charge is 0.266 e. The van der Waals surface area contributed by atoms with Gasteiger partial charge in [-0.15, -0.1) is 6.42 Å². The molecule has 0 aromatic carbocycles. The number of nitrogens with one attached hydrogen (secondary N) is 1. The summed E-state index contributed by atoms with van der Waals surface area (Å²) < 4.78 is 1.39. The predicted octanol–water partition coefficient (Wildman–Crippen LogP) is -0.534. The van der Waals surface area contributed by atoms with Crippen LogP contribution in [0.15, 0.2) is 23.1 Å². The molecule has 68 valence electrons. The zero-order valence-electron chi connectivity index (χ0n) is 7.23. The van der Waals surface area contributed by atoms with Crippen LogP contribution in [0, 0.1) is 12.3 Å². The van der Waals surface area contributed by atoms with E-state index < -0.39 is 0 Å². The third-order valence-electron chi connectivity index (χ3n) is 1.51. The SMILES string of the molecule is C#CCNCCn1ncccc1=O. The molecule has 1 aromatic heterocycles. The molecule has 0 spiro atoms. The van der Waals surface area contributed by atoms with Crippen LogP contribution < -0.4 is 10.9 Å². The average Bonchev–Trinajstić information content (AvgIpc) is 2.15. The fourth-order valence-electron chi connectivity index (χ4n) is 0.901. The molecule has 0 aliphatic rings. The Kier molecular flexibility index (Phi) is 3.74. The van der Waals surface area contributed by atoms with Gasteiger partial charge in [0.05, 0.1) is 13.1 Å². The van der Waals surface area contributed by atoms with E-state index in [9.17, 15) is 4.79 Å². The van der Waals surface area contributed by atoms with Crippen LogP contribution in [0.25, 0.3) is 0 Å². The van der Waals surface area contributed by atoms with E-state index in [1.165, 1.54) is 10.7 Å². The minimum absolute atomic E-state index is 0.0926. The van der Waals surface area contributed by atoms with E-state index in [1.807, 2.05) is 0 Å². The number of aromatic nitrogens is 2. The summed E-state index contributed by atoms with van der Waals surface area (Å²) in [6.45, 7) is 1.71. The fourth-order valence-corrected chi connectivity index (χ4v) is 0.901. The Balaban J connectivity index is 2.42. The van der Waals surface area contributed by atoms with E-state index >= 15 is 0 Å². The maximum Gasteiger partial charge on any atom is 0.266 e. The summed E-state index contributed by atoms with van der Waals surface area (Å²) in [6, 6.07) is 3.10. The van der Waals surface area contributed by atoms with Crippen molar-refractivity contribution >= 4 is 0 Å². The van der Waals surface area contributed by atoms with Crippen LogP contribution in [0.4, 0.5) is 0 Å². The lowest BCUT2D eigenvalue weighted by Crippen LogP contribution is -2.28. The standard InChI is InChI=1S/C9H11N3O/c1-2-5-10-7-8-12-9(13)4-3-6-11-12/h1,3-4,6,10H,5,7-8H2. The first kappa shape index (κ1) is 9.49. The molecule has 1 N–H and O–H groups in total. The number of nitrogens with zero attached hydrogens (tertiary/aromatic N) is 2. The molecule has 0 atom stereocenters. The lowest BCUT2D eigenvalue weighted by Gasteiger charge is -2.02. The molecule has 0 aliphatic heterocycles. The van der Waals surface area contributed by atoms with Crippen LogP contribution in [0.1, 0.15) is 0 Å².